The van der Waals surface area contributed by atoms with E-state index in [4.69, 9.17) is 11.6 Å². The van der Waals surface area contributed by atoms with Crippen molar-refractivity contribution in [2.24, 2.45) is 0 Å². The Labute approximate surface area is 104 Å². The van der Waals surface area contributed by atoms with Gasteiger partial charge in [-0.15, -0.1) is 0 Å². The SMILES string of the molecule is CCNC(C=C(C)C)c1cccc(C)c1Cl. The van der Waals surface area contributed by atoms with Crippen LogP contribution in [-0.2, 0) is 0 Å². The maximum atomic E-state index is 6.34. The first kappa shape index (κ1) is 13.3. The fourth-order valence-electron chi connectivity index (χ4n) is 1.72. The van der Waals surface area contributed by atoms with Gasteiger partial charge in [0.15, 0.2) is 0 Å². The van der Waals surface area contributed by atoms with Crippen molar-refractivity contribution in [3.63, 3.8) is 0 Å². The highest BCUT2D eigenvalue weighted by Crippen LogP contribution is 2.27. The second kappa shape index (κ2) is 6.07. The van der Waals surface area contributed by atoms with Gasteiger partial charge in [0, 0.05) is 5.02 Å². The van der Waals surface area contributed by atoms with Gasteiger partial charge >= 0.3 is 0 Å². The number of likely N-dealkylation sites (N-methyl/N-ethyl adjacent to an activating group) is 1. The summed E-state index contributed by atoms with van der Waals surface area (Å²) in [6.45, 7) is 9.29. The Bertz CT molecular complexity index is 378. The average molecular weight is 238 g/mol. The van der Waals surface area contributed by atoms with Crippen LogP contribution in [0.3, 0.4) is 0 Å². The van der Waals surface area contributed by atoms with E-state index in [0.717, 1.165) is 22.7 Å². The summed E-state index contributed by atoms with van der Waals surface area (Å²) in [5.41, 5.74) is 3.58. The summed E-state index contributed by atoms with van der Waals surface area (Å²) in [4.78, 5) is 0. The number of halogens is 1. The van der Waals surface area contributed by atoms with E-state index in [-0.39, 0.29) is 6.04 Å². The van der Waals surface area contributed by atoms with Gasteiger partial charge in [0.25, 0.3) is 0 Å². The molecule has 1 rings (SSSR count). The Morgan fingerprint density at radius 1 is 1.44 bits per heavy atom. The number of aryl methyl sites for hydroxylation is 1. The van der Waals surface area contributed by atoms with Crippen molar-refractivity contribution in [2.75, 3.05) is 6.54 Å². The van der Waals surface area contributed by atoms with Gasteiger partial charge in [-0.25, -0.2) is 0 Å². The van der Waals surface area contributed by atoms with Crippen molar-refractivity contribution in [1.82, 2.24) is 5.32 Å². The highest BCUT2D eigenvalue weighted by molar-refractivity contribution is 6.32. The number of allylic oxidation sites excluding steroid dienone is 1. The zero-order chi connectivity index (χ0) is 12.1. The highest BCUT2D eigenvalue weighted by atomic mass is 35.5. The van der Waals surface area contributed by atoms with Crippen LogP contribution >= 0.6 is 11.6 Å². The van der Waals surface area contributed by atoms with E-state index in [2.05, 4.69) is 44.3 Å². The minimum absolute atomic E-state index is 0.211. The Balaban J connectivity index is 3.10. The van der Waals surface area contributed by atoms with Gasteiger partial charge in [-0.1, -0.05) is 48.4 Å². The summed E-state index contributed by atoms with van der Waals surface area (Å²) in [6.07, 6.45) is 2.21. The molecule has 2 heteroatoms. The molecule has 1 atom stereocenters. The van der Waals surface area contributed by atoms with Crippen LogP contribution in [0.15, 0.2) is 29.8 Å². The zero-order valence-corrected chi connectivity index (χ0v) is 11.2. The Kier molecular flexibility index (Phi) is 5.04. The summed E-state index contributed by atoms with van der Waals surface area (Å²) in [5, 5.41) is 4.30. The van der Waals surface area contributed by atoms with Gasteiger partial charge in [0.05, 0.1) is 6.04 Å². The van der Waals surface area contributed by atoms with E-state index >= 15 is 0 Å². The highest BCUT2D eigenvalue weighted by Gasteiger charge is 2.11. The van der Waals surface area contributed by atoms with Gasteiger partial charge in [0.2, 0.25) is 0 Å². The van der Waals surface area contributed by atoms with Crippen molar-refractivity contribution < 1.29 is 0 Å². The molecule has 1 unspecified atom stereocenters. The molecule has 0 fully saturated rings. The first-order chi connectivity index (χ1) is 7.56. The quantitative estimate of drug-likeness (QED) is 0.772. The Morgan fingerprint density at radius 2 is 2.12 bits per heavy atom. The van der Waals surface area contributed by atoms with E-state index in [0.29, 0.717) is 0 Å². The van der Waals surface area contributed by atoms with Crippen LogP contribution in [0, 0.1) is 6.92 Å². The molecule has 0 aliphatic rings. The molecule has 0 heterocycles. The molecule has 0 saturated heterocycles. The number of nitrogens with one attached hydrogen (secondary N) is 1. The molecular formula is C14H20ClN. The molecule has 16 heavy (non-hydrogen) atoms. The fourth-order valence-corrected chi connectivity index (χ4v) is 1.97. The smallest absolute Gasteiger partial charge is 0.0523 e. The molecule has 0 aliphatic heterocycles. The standard InChI is InChI=1S/C14H20ClN/c1-5-16-13(9-10(2)3)12-8-6-7-11(4)14(12)15/h6-9,13,16H,5H2,1-4H3. The van der Waals surface area contributed by atoms with Crippen molar-refractivity contribution in [1.29, 1.82) is 0 Å². The first-order valence-electron chi connectivity index (χ1n) is 5.69. The third kappa shape index (κ3) is 3.36. The van der Waals surface area contributed by atoms with Crippen molar-refractivity contribution >= 4 is 11.6 Å². The topological polar surface area (TPSA) is 12.0 Å². The molecule has 88 valence electrons. The van der Waals surface area contributed by atoms with E-state index in [1.807, 2.05) is 13.0 Å². The minimum atomic E-state index is 0.211. The second-order valence-electron chi connectivity index (χ2n) is 4.26. The molecule has 0 aromatic heterocycles. The molecule has 1 N–H and O–H groups in total. The monoisotopic (exact) mass is 237 g/mol. The average Bonchev–Trinajstić information content (AvgIpc) is 2.21. The largest absolute Gasteiger partial charge is 0.307 e. The predicted octanol–water partition coefficient (Wildman–Crippen LogP) is 4.27. The van der Waals surface area contributed by atoms with E-state index < -0.39 is 0 Å². The van der Waals surface area contributed by atoms with Gasteiger partial charge < -0.3 is 5.32 Å². The normalized spacial score (nSPS) is 12.3. The lowest BCUT2D eigenvalue weighted by Crippen LogP contribution is -2.19. The maximum Gasteiger partial charge on any atom is 0.0523 e. The molecule has 0 aliphatic carbocycles. The Morgan fingerprint density at radius 3 is 2.69 bits per heavy atom. The second-order valence-corrected chi connectivity index (χ2v) is 4.64. The van der Waals surface area contributed by atoms with Crippen LogP contribution in [-0.4, -0.2) is 6.54 Å². The fraction of sp³-hybridized carbons (Fsp3) is 0.429. The molecule has 0 amide bonds. The van der Waals surface area contributed by atoms with Crippen molar-refractivity contribution in [3.8, 4) is 0 Å². The van der Waals surface area contributed by atoms with Crippen molar-refractivity contribution in [2.45, 2.75) is 33.7 Å². The van der Waals surface area contributed by atoms with Crippen LogP contribution in [0.4, 0.5) is 0 Å². The van der Waals surface area contributed by atoms with Crippen LogP contribution < -0.4 is 5.32 Å². The first-order valence-corrected chi connectivity index (χ1v) is 6.07. The lowest BCUT2D eigenvalue weighted by Gasteiger charge is -2.17. The summed E-state index contributed by atoms with van der Waals surface area (Å²) in [7, 11) is 0. The molecule has 1 aromatic carbocycles. The van der Waals surface area contributed by atoms with Gasteiger partial charge in [-0.2, -0.15) is 0 Å². The lowest BCUT2D eigenvalue weighted by molar-refractivity contribution is 0.644. The van der Waals surface area contributed by atoms with Crippen LogP contribution in [0.5, 0.6) is 0 Å². The molecule has 0 bridgehead atoms. The van der Waals surface area contributed by atoms with Crippen LogP contribution in [0.1, 0.15) is 37.9 Å². The van der Waals surface area contributed by atoms with Crippen LogP contribution in [0.2, 0.25) is 5.02 Å². The third-order valence-electron chi connectivity index (χ3n) is 2.48. The number of hydrogen-bond acceptors (Lipinski definition) is 1. The number of rotatable bonds is 4. The van der Waals surface area contributed by atoms with Crippen LogP contribution in [0.25, 0.3) is 0 Å². The van der Waals surface area contributed by atoms with Crippen molar-refractivity contribution in [3.05, 3.63) is 46.0 Å². The molecule has 0 saturated carbocycles. The van der Waals surface area contributed by atoms with E-state index in [1.165, 1.54) is 5.57 Å². The third-order valence-corrected chi connectivity index (χ3v) is 3.00. The van der Waals surface area contributed by atoms with Gasteiger partial charge in [-0.05, 0) is 38.4 Å². The number of hydrogen-bond donors (Lipinski definition) is 1. The van der Waals surface area contributed by atoms with Gasteiger partial charge in [0.1, 0.15) is 0 Å². The maximum absolute atomic E-state index is 6.34. The lowest BCUT2D eigenvalue weighted by atomic mass is 10.0. The summed E-state index contributed by atoms with van der Waals surface area (Å²) in [6, 6.07) is 6.39. The molecule has 0 radical (unpaired) electrons. The predicted molar refractivity (Wildman–Crippen MR) is 72.0 cm³/mol. The molecule has 0 spiro atoms. The number of benzene rings is 1. The Hall–Kier alpha value is -0.790. The van der Waals surface area contributed by atoms with Gasteiger partial charge in [-0.3, -0.25) is 0 Å². The molecule has 1 aromatic rings. The molecular weight excluding hydrogens is 218 g/mol. The van der Waals surface area contributed by atoms with E-state index in [1.54, 1.807) is 0 Å². The molecule has 1 nitrogen and oxygen atoms in total. The summed E-state index contributed by atoms with van der Waals surface area (Å²) >= 11 is 6.34. The summed E-state index contributed by atoms with van der Waals surface area (Å²) in [5.74, 6) is 0. The van der Waals surface area contributed by atoms with E-state index in [9.17, 15) is 0 Å². The minimum Gasteiger partial charge on any atom is -0.307 e. The summed E-state index contributed by atoms with van der Waals surface area (Å²) < 4.78 is 0. The zero-order valence-electron chi connectivity index (χ0n) is 10.5.